The Kier molecular flexibility index (Phi) is 5.22. The van der Waals surface area contributed by atoms with E-state index < -0.39 is 0 Å². The van der Waals surface area contributed by atoms with Crippen molar-refractivity contribution in [2.75, 3.05) is 13.1 Å². The third-order valence-corrected chi connectivity index (χ3v) is 3.00. The zero-order valence-electron chi connectivity index (χ0n) is 9.66. The maximum Gasteiger partial charge on any atom is 0.0954 e. The van der Waals surface area contributed by atoms with Gasteiger partial charge >= 0.3 is 0 Å². The fraction of sp³-hybridized carbons (Fsp3) is 0.727. The predicted octanol–water partition coefficient (Wildman–Crippen LogP) is 1.60. The highest BCUT2D eigenvalue weighted by atomic mass is 32.1. The van der Waals surface area contributed by atoms with Gasteiger partial charge in [-0.25, -0.2) is 4.98 Å². The van der Waals surface area contributed by atoms with Crippen molar-refractivity contribution in [2.24, 2.45) is 5.92 Å². The molecule has 15 heavy (non-hydrogen) atoms. The summed E-state index contributed by atoms with van der Waals surface area (Å²) in [6, 6.07) is 0. The Balaban J connectivity index is 2.21. The number of nitrogens with one attached hydrogen (secondary N) is 1. The SMILES string of the molecule is Cc1csc(CC(O)CNCC(C)C)n1. The molecule has 1 aromatic heterocycles. The van der Waals surface area contributed by atoms with Gasteiger partial charge in [-0.05, 0) is 19.4 Å². The molecule has 0 fully saturated rings. The van der Waals surface area contributed by atoms with Gasteiger partial charge in [0, 0.05) is 24.0 Å². The van der Waals surface area contributed by atoms with E-state index in [-0.39, 0.29) is 6.10 Å². The quantitative estimate of drug-likeness (QED) is 0.777. The van der Waals surface area contributed by atoms with Gasteiger partial charge in [-0.15, -0.1) is 11.3 Å². The van der Waals surface area contributed by atoms with Crippen molar-refractivity contribution in [1.82, 2.24) is 10.3 Å². The summed E-state index contributed by atoms with van der Waals surface area (Å²) in [4.78, 5) is 4.32. The van der Waals surface area contributed by atoms with Crippen LogP contribution in [0.2, 0.25) is 0 Å². The summed E-state index contributed by atoms with van der Waals surface area (Å²) in [6.45, 7) is 7.89. The first-order valence-corrected chi connectivity index (χ1v) is 6.25. The van der Waals surface area contributed by atoms with Crippen LogP contribution in [0.15, 0.2) is 5.38 Å². The van der Waals surface area contributed by atoms with Crippen LogP contribution < -0.4 is 5.32 Å². The van der Waals surface area contributed by atoms with E-state index in [1.165, 1.54) is 0 Å². The third kappa shape index (κ3) is 5.25. The molecular weight excluding hydrogens is 208 g/mol. The molecule has 0 aliphatic carbocycles. The molecular formula is C11H20N2OS. The Hall–Kier alpha value is -0.450. The van der Waals surface area contributed by atoms with Crippen LogP contribution in [-0.2, 0) is 6.42 Å². The van der Waals surface area contributed by atoms with Crippen molar-refractivity contribution in [1.29, 1.82) is 0 Å². The van der Waals surface area contributed by atoms with Crippen LogP contribution in [0.25, 0.3) is 0 Å². The van der Waals surface area contributed by atoms with E-state index in [9.17, 15) is 5.11 Å². The normalized spacial score (nSPS) is 13.4. The molecule has 0 saturated carbocycles. The molecule has 0 saturated heterocycles. The molecule has 0 spiro atoms. The largest absolute Gasteiger partial charge is 0.391 e. The summed E-state index contributed by atoms with van der Waals surface area (Å²) in [7, 11) is 0. The first-order valence-electron chi connectivity index (χ1n) is 5.37. The van der Waals surface area contributed by atoms with E-state index in [0.717, 1.165) is 17.2 Å². The van der Waals surface area contributed by atoms with Crippen molar-refractivity contribution in [2.45, 2.75) is 33.3 Å². The minimum atomic E-state index is -0.325. The molecule has 4 heteroatoms. The van der Waals surface area contributed by atoms with Crippen LogP contribution in [0.3, 0.4) is 0 Å². The van der Waals surface area contributed by atoms with Crippen LogP contribution in [0.4, 0.5) is 0 Å². The van der Waals surface area contributed by atoms with Crippen LogP contribution in [0, 0.1) is 12.8 Å². The monoisotopic (exact) mass is 228 g/mol. The van der Waals surface area contributed by atoms with Crippen LogP contribution in [-0.4, -0.2) is 29.3 Å². The second-order valence-corrected chi connectivity index (χ2v) is 5.24. The van der Waals surface area contributed by atoms with Gasteiger partial charge in [-0.3, -0.25) is 0 Å². The van der Waals surface area contributed by atoms with Gasteiger partial charge in [0.1, 0.15) is 0 Å². The molecule has 1 aromatic rings. The number of hydrogen-bond acceptors (Lipinski definition) is 4. The minimum Gasteiger partial charge on any atom is -0.391 e. The number of aliphatic hydroxyl groups excluding tert-OH is 1. The van der Waals surface area contributed by atoms with Crippen molar-refractivity contribution >= 4 is 11.3 Å². The second kappa shape index (κ2) is 6.20. The summed E-state index contributed by atoms with van der Waals surface area (Å²) in [5.74, 6) is 0.624. The Morgan fingerprint density at radius 2 is 2.20 bits per heavy atom. The van der Waals surface area contributed by atoms with Gasteiger partial charge in [-0.1, -0.05) is 13.8 Å². The lowest BCUT2D eigenvalue weighted by Gasteiger charge is -2.11. The molecule has 3 nitrogen and oxygen atoms in total. The Morgan fingerprint density at radius 1 is 1.47 bits per heavy atom. The van der Waals surface area contributed by atoms with E-state index in [1.54, 1.807) is 11.3 Å². The van der Waals surface area contributed by atoms with E-state index in [1.807, 2.05) is 12.3 Å². The zero-order chi connectivity index (χ0) is 11.3. The fourth-order valence-corrected chi connectivity index (χ4v) is 2.15. The predicted molar refractivity (Wildman–Crippen MR) is 64.3 cm³/mol. The molecule has 0 aliphatic rings. The molecule has 0 bridgehead atoms. The number of thiazole rings is 1. The molecule has 1 unspecified atom stereocenters. The standard InChI is InChI=1S/C11H20N2OS/c1-8(2)5-12-6-10(14)4-11-13-9(3)7-15-11/h7-8,10,12,14H,4-6H2,1-3H3. The van der Waals surface area contributed by atoms with Gasteiger partial charge in [0.2, 0.25) is 0 Å². The first kappa shape index (κ1) is 12.6. The van der Waals surface area contributed by atoms with Crippen molar-refractivity contribution in [3.05, 3.63) is 16.1 Å². The average Bonchev–Trinajstić information content (AvgIpc) is 2.50. The number of aliphatic hydroxyl groups is 1. The lowest BCUT2D eigenvalue weighted by atomic mass is 10.2. The number of hydrogen-bond donors (Lipinski definition) is 2. The highest BCUT2D eigenvalue weighted by Crippen LogP contribution is 2.10. The second-order valence-electron chi connectivity index (χ2n) is 4.29. The summed E-state index contributed by atoms with van der Waals surface area (Å²) < 4.78 is 0. The Bertz CT molecular complexity index is 286. The number of nitrogens with zero attached hydrogens (tertiary/aromatic N) is 1. The molecule has 2 N–H and O–H groups in total. The van der Waals surface area contributed by atoms with Crippen LogP contribution in [0.5, 0.6) is 0 Å². The average molecular weight is 228 g/mol. The van der Waals surface area contributed by atoms with Gasteiger partial charge in [-0.2, -0.15) is 0 Å². The highest BCUT2D eigenvalue weighted by molar-refractivity contribution is 7.09. The van der Waals surface area contributed by atoms with E-state index in [2.05, 4.69) is 24.1 Å². The van der Waals surface area contributed by atoms with E-state index in [0.29, 0.717) is 18.9 Å². The molecule has 0 aliphatic heterocycles. The molecule has 0 radical (unpaired) electrons. The zero-order valence-corrected chi connectivity index (χ0v) is 10.5. The smallest absolute Gasteiger partial charge is 0.0954 e. The van der Waals surface area contributed by atoms with Gasteiger partial charge < -0.3 is 10.4 Å². The van der Waals surface area contributed by atoms with Crippen molar-refractivity contribution < 1.29 is 5.11 Å². The van der Waals surface area contributed by atoms with Crippen molar-refractivity contribution in [3.63, 3.8) is 0 Å². The molecule has 86 valence electrons. The molecule has 0 amide bonds. The topological polar surface area (TPSA) is 45.1 Å². The summed E-state index contributed by atoms with van der Waals surface area (Å²) in [6.07, 6.45) is 0.332. The first-order chi connectivity index (χ1) is 7.08. The minimum absolute atomic E-state index is 0.325. The van der Waals surface area contributed by atoms with Gasteiger partial charge in [0.25, 0.3) is 0 Å². The number of aromatic nitrogens is 1. The van der Waals surface area contributed by atoms with E-state index >= 15 is 0 Å². The molecule has 1 rings (SSSR count). The third-order valence-electron chi connectivity index (χ3n) is 2.01. The lowest BCUT2D eigenvalue weighted by Crippen LogP contribution is -2.30. The number of rotatable bonds is 6. The molecule has 1 atom stereocenters. The van der Waals surface area contributed by atoms with Gasteiger partial charge in [0.15, 0.2) is 0 Å². The van der Waals surface area contributed by atoms with Gasteiger partial charge in [0.05, 0.1) is 11.1 Å². The maximum absolute atomic E-state index is 9.73. The molecule has 1 heterocycles. The summed E-state index contributed by atoms with van der Waals surface area (Å²) >= 11 is 1.62. The highest BCUT2D eigenvalue weighted by Gasteiger charge is 2.08. The number of aryl methyl sites for hydroxylation is 1. The summed E-state index contributed by atoms with van der Waals surface area (Å²) in [5, 5.41) is 16.0. The fourth-order valence-electron chi connectivity index (χ4n) is 1.31. The van der Waals surface area contributed by atoms with E-state index in [4.69, 9.17) is 0 Å². The maximum atomic E-state index is 9.73. The molecule has 0 aromatic carbocycles. The lowest BCUT2D eigenvalue weighted by molar-refractivity contribution is 0.170. The Morgan fingerprint density at radius 3 is 2.73 bits per heavy atom. The van der Waals surface area contributed by atoms with Crippen molar-refractivity contribution in [3.8, 4) is 0 Å². The van der Waals surface area contributed by atoms with Crippen LogP contribution >= 0.6 is 11.3 Å². The Labute approximate surface area is 95.6 Å². The van der Waals surface area contributed by atoms with Crippen LogP contribution in [0.1, 0.15) is 24.5 Å². The summed E-state index contributed by atoms with van der Waals surface area (Å²) in [5.41, 5.74) is 1.04.